The Morgan fingerprint density at radius 3 is 3.09 bits per heavy atom. The molecule has 6 nitrogen and oxygen atoms in total. The number of rotatable bonds is 5. The number of fused-ring (bicyclic) bond motifs is 1. The number of nitrogens with zero attached hydrogens (tertiary/aromatic N) is 2. The van der Waals surface area contributed by atoms with E-state index < -0.39 is 0 Å². The third-order valence-electron chi connectivity index (χ3n) is 4.35. The highest BCUT2D eigenvalue weighted by molar-refractivity contribution is 5.79. The van der Waals surface area contributed by atoms with Crippen LogP contribution >= 0.6 is 0 Å². The largest absolute Gasteiger partial charge is 0.352 e. The molecule has 0 aliphatic carbocycles. The highest BCUT2D eigenvalue weighted by Crippen LogP contribution is 2.13. The summed E-state index contributed by atoms with van der Waals surface area (Å²) in [5, 5.41) is 5.90. The van der Waals surface area contributed by atoms with E-state index in [0.29, 0.717) is 19.3 Å². The fourth-order valence-corrected chi connectivity index (χ4v) is 3.04. The summed E-state index contributed by atoms with van der Waals surface area (Å²) < 4.78 is 2.08. The van der Waals surface area contributed by atoms with E-state index in [1.807, 2.05) is 37.5 Å². The van der Waals surface area contributed by atoms with E-state index in [2.05, 4.69) is 20.2 Å². The summed E-state index contributed by atoms with van der Waals surface area (Å²) in [7, 11) is 0. The van der Waals surface area contributed by atoms with E-state index >= 15 is 0 Å². The Morgan fingerprint density at radius 2 is 2.26 bits per heavy atom. The molecule has 3 rings (SSSR count). The average Bonchev–Trinajstić information content (AvgIpc) is 2.94. The van der Waals surface area contributed by atoms with Gasteiger partial charge in [0, 0.05) is 31.5 Å². The molecule has 122 valence electrons. The molecule has 2 N–H and O–H groups in total. The van der Waals surface area contributed by atoms with Crippen LogP contribution in [0, 0.1) is 0 Å². The number of aromatic nitrogens is 2. The maximum atomic E-state index is 12.1. The van der Waals surface area contributed by atoms with Crippen LogP contribution in [0.2, 0.25) is 0 Å². The Labute approximate surface area is 135 Å². The van der Waals surface area contributed by atoms with Gasteiger partial charge < -0.3 is 15.2 Å². The molecule has 2 unspecified atom stereocenters. The standard InChI is InChI=1S/C17H22N4O2/c1-12-13(8-9-17(23)19-12)20-16(22)7-4-10-21-11-18-14-5-2-3-6-15(14)21/h2-3,5-6,11-13H,4,7-10H2,1H3,(H,19,23)(H,20,22). The van der Waals surface area contributed by atoms with Crippen molar-refractivity contribution in [2.45, 2.75) is 51.2 Å². The normalized spacial score (nSPS) is 21.2. The predicted molar refractivity (Wildman–Crippen MR) is 87.7 cm³/mol. The van der Waals surface area contributed by atoms with E-state index in [0.717, 1.165) is 24.0 Å². The van der Waals surface area contributed by atoms with E-state index in [1.165, 1.54) is 0 Å². The van der Waals surface area contributed by atoms with Crippen LogP contribution in [0.4, 0.5) is 0 Å². The molecule has 1 aromatic heterocycles. The molecule has 1 aromatic carbocycles. The minimum absolute atomic E-state index is 0.00204. The van der Waals surface area contributed by atoms with Crippen molar-refractivity contribution in [3.05, 3.63) is 30.6 Å². The zero-order valence-electron chi connectivity index (χ0n) is 13.3. The number of carbonyl (C=O) groups excluding carboxylic acids is 2. The van der Waals surface area contributed by atoms with Crippen molar-refractivity contribution in [1.82, 2.24) is 20.2 Å². The first kappa shape index (κ1) is 15.5. The summed E-state index contributed by atoms with van der Waals surface area (Å²) in [5.41, 5.74) is 2.07. The lowest BCUT2D eigenvalue weighted by Crippen LogP contribution is -2.53. The zero-order valence-corrected chi connectivity index (χ0v) is 13.3. The zero-order chi connectivity index (χ0) is 16.2. The molecule has 0 bridgehead atoms. The molecule has 1 saturated heterocycles. The van der Waals surface area contributed by atoms with Crippen LogP contribution in [0.25, 0.3) is 11.0 Å². The molecule has 1 aliphatic heterocycles. The van der Waals surface area contributed by atoms with Gasteiger partial charge in [-0.1, -0.05) is 12.1 Å². The van der Waals surface area contributed by atoms with Crippen molar-refractivity contribution in [1.29, 1.82) is 0 Å². The van der Waals surface area contributed by atoms with Gasteiger partial charge in [0.2, 0.25) is 11.8 Å². The molecule has 1 fully saturated rings. The predicted octanol–water partition coefficient (Wildman–Crippen LogP) is 1.60. The summed E-state index contributed by atoms with van der Waals surface area (Å²) in [5.74, 6) is 0.109. The van der Waals surface area contributed by atoms with Gasteiger partial charge >= 0.3 is 0 Å². The smallest absolute Gasteiger partial charge is 0.220 e. The number of carbonyl (C=O) groups is 2. The molecule has 0 spiro atoms. The maximum absolute atomic E-state index is 12.1. The summed E-state index contributed by atoms with van der Waals surface area (Å²) in [4.78, 5) is 27.7. The van der Waals surface area contributed by atoms with Crippen molar-refractivity contribution in [3.63, 3.8) is 0 Å². The molecule has 1 aliphatic rings. The third kappa shape index (κ3) is 3.70. The van der Waals surface area contributed by atoms with Crippen molar-refractivity contribution in [2.75, 3.05) is 0 Å². The molecule has 2 heterocycles. The Bertz CT molecular complexity index is 709. The van der Waals surface area contributed by atoms with Crippen LogP contribution in [0.15, 0.2) is 30.6 Å². The summed E-state index contributed by atoms with van der Waals surface area (Å²) in [6.45, 7) is 2.70. The number of piperidine rings is 1. The number of para-hydroxylation sites is 2. The fourth-order valence-electron chi connectivity index (χ4n) is 3.04. The summed E-state index contributed by atoms with van der Waals surface area (Å²) in [6.07, 6.45) is 4.26. The Kier molecular flexibility index (Phi) is 4.60. The van der Waals surface area contributed by atoms with Crippen LogP contribution in [0.5, 0.6) is 0 Å². The van der Waals surface area contributed by atoms with Gasteiger partial charge in [-0.25, -0.2) is 4.98 Å². The minimum atomic E-state index is -0.00204. The van der Waals surface area contributed by atoms with Gasteiger partial charge in [-0.05, 0) is 31.9 Å². The monoisotopic (exact) mass is 314 g/mol. The molecular weight excluding hydrogens is 292 g/mol. The Hall–Kier alpha value is -2.37. The van der Waals surface area contributed by atoms with Gasteiger partial charge in [0.05, 0.1) is 17.4 Å². The average molecular weight is 314 g/mol. The molecule has 2 aromatic rings. The number of aryl methyl sites for hydroxylation is 1. The number of hydrogen-bond acceptors (Lipinski definition) is 3. The van der Waals surface area contributed by atoms with E-state index in [9.17, 15) is 9.59 Å². The molecule has 0 radical (unpaired) electrons. The first-order chi connectivity index (χ1) is 11.1. The molecule has 2 amide bonds. The molecule has 23 heavy (non-hydrogen) atoms. The number of benzene rings is 1. The van der Waals surface area contributed by atoms with Crippen LogP contribution in [0.3, 0.4) is 0 Å². The van der Waals surface area contributed by atoms with Crippen LogP contribution in [-0.2, 0) is 16.1 Å². The molecule has 2 atom stereocenters. The SMILES string of the molecule is CC1NC(=O)CCC1NC(=O)CCCn1cnc2ccccc21. The number of nitrogens with one attached hydrogen (secondary N) is 2. The van der Waals surface area contributed by atoms with Crippen molar-refractivity contribution in [2.24, 2.45) is 0 Å². The molecule has 0 saturated carbocycles. The van der Waals surface area contributed by atoms with E-state index in [1.54, 1.807) is 0 Å². The van der Waals surface area contributed by atoms with Gasteiger partial charge in [0.15, 0.2) is 0 Å². The Morgan fingerprint density at radius 1 is 1.43 bits per heavy atom. The molecular formula is C17H22N4O2. The van der Waals surface area contributed by atoms with E-state index in [4.69, 9.17) is 0 Å². The quantitative estimate of drug-likeness (QED) is 0.880. The van der Waals surface area contributed by atoms with Gasteiger partial charge in [-0.15, -0.1) is 0 Å². The third-order valence-corrected chi connectivity index (χ3v) is 4.35. The first-order valence-corrected chi connectivity index (χ1v) is 8.12. The van der Waals surface area contributed by atoms with Crippen LogP contribution < -0.4 is 10.6 Å². The number of hydrogen-bond donors (Lipinski definition) is 2. The second kappa shape index (κ2) is 6.81. The second-order valence-electron chi connectivity index (χ2n) is 6.10. The van der Waals surface area contributed by atoms with Crippen molar-refractivity contribution >= 4 is 22.8 Å². The molecule has 6 heteroatoms. The lowest BCUT2D eigenvalue weighted by atomic mass is 9.99. The highest BCUT2D eigenvalue weighted by Gasteiger charge is 2.26. The van der Waals surface area contributed by atoms with Crippen molar-refractivity contribution < 1.29 is 9.59 Å². The van der Waals surface area contributed by atoms with Crippen LogP contribution in [-0.4, -0.2) is 33.4 Å². The van der Waals surface area contributed by atoms with Gasteiger partial charge in [0.1, 0.15) is 0 Å². The Balaban J connectivity index is 1.47. The second-order valence-corrected chi connectivity index (χ2v) is 6.10. The van der Waals surface area contributed by atoms with Gasteiger partial charge in [-0.2, -0.15) is 0 Å². The lowest BCUT2D eigenvalue weighted by Gasteiger charge is -2.30. The number of amides is 2. The van der Waals surface area contributed by atoms with E-state index in [-0.39, 0.29) is 23.9 Å². The first-order valence-electron chi connectivity index (χ1n) is 8.12. The fraction of sp³-hybridized carbons (Fsp3) is 0.471. The summed E-state index contributed by atoms with van der Waals surface area (Å²) in [6, 6.07) is 8.02. The van der Waals surface area contributed by atoms with Gasteiger partial charge in [0.25, 0.3) is 0 Å². The lowest BCUT2D eigenvalue weighted by molar-refractivity contribution is -0.126. The number of imidazole rings is 1. The summed E-state index contributed by atoms with van der Waals surface area (Å²) >= 11 is 0. The van der Waals surface area contributed by atoms with Crippen molar-refractivity contribution in [3.8, 4) is 0 Å². The topological polar surface area (TPSA) is 76.0 Å². The maximum Gasteiger partial charge on any atom is 0.220 e. The van der Waals surface area contributed by atoms with Crippen LogP contribution in [0.1, 0.15) is 32.6 Å². The van der Waals surface area contributed by atoms with Gasteiger partial charge in [-0.3, -0.25) is 9.59 Å². The minimum Gasteiger partial charge on any atom is -0.352 e. The highest BCUT2D eigenvalue weighted by atomic mass is 16.2.